The maximum absolute atomic E-state index is 12.0. The summed E-state index contributed by atoms with van der Waals surface area (Å²) in [5.41, 5.74) is 1.51. The van der Waals surface area contributed by atoms with Gasteiger partial charge in [-0.25, -0.2) is 4.98 Å². The van der Waals surface area contributed by atoms with Crippen molar-refractivity contribution in [3.05, 3.63) is 48.2 Å². The second kappa shape index (κ2) is 5.56. The fraction of sp³-hybridized carbons (Fsp3) is 0.214. The van der Waals surface area contributed by atoms with Crippen LogP contribution in [0.1, 0.15) is 22.6 Å². The summed E-state index contributed by atoms with van der Waals surface area (Å²) in [5.74, 6) is 0.874. The van der Waals surface area contributed by atoms with E-state index in [0.29, 0.717) is 12.1 Å². The molecular formula is C14H15N5O. The Labute approximate surface area is 115 Å². The Balaban J connectivity index is 1.53. The van der Waals surface area contributed by atoms with Crippen molar-refractivity contribution in [3.8, 4) is 0 Å². The second-order valence-electron chi connectivity index (χ2n) is 4.57. The van der Waals surface area contributed by atoms with Gasteiger partial charge >= 0.3 is 0 Å². The lowest BCUT2D eigenvalue weighted by atomic mass is 10.1. The van der Waals surface area contributed by atoms with Crippen LogP contribution < -0.4 is 5.32 Å². The molecule has 0 aliphatic rings. The lowest BCUT2D eigenvalue weighted by Gasteiger charge is -2.04. The summed E-state index contributed by atoms with van der Waals surface area (Å²) in [4.78, 5) is 19.2. The number of nitrogens with one attached hydrogen (secondary N) is 3. The first-order valence-corrected chi connectivity index (χ1v) is 6.52. The standard InChI is InChI=1S/C14H15N5O/c20-14(17-5-1-2-13-15-6-7-16-13)10-3-4-11-9-18-19-12(11)8-10/h3-4,6-9H,1-2,5H2,(H,15,16)(H,17,20)(H,18,19). The monoisotopic (exact) mass is 269 g/mol. The lowest BCUT2D eigenvalue weighted by Crippen LogP contribution is -2.24. The number of carbonyl (C=O) groups is 1. The quantitative estimate of drug-likeness (QED) is 0.615. The Kier molecular flexibility index (Phi) is 3.45. The van der Waals surface area contributed by atoms with E-state index in [1.165, 1.54) is 0 Å². The van der Waals surface area contributed by atoms with E-state index in [1.54, 1.807) is 24.7 Å². The van der Waals surface area contributed by atoms with E-state index in [4.69, 9.17) is 0 Å². The van der Waals surface area contributed by atoms with Gasteiger partial charge in [-0.2, -0.15) is 5.10 Å². The number of aromatic nitrogens is 4. The number of nitrogens with zero attached hydrogens (tertiary/aromatic N) is 2. The zero-order valence-electron chi connectivity index (χ0n) is 10.9. The molecule has 102 valence electrons. The van der Waals surface area contributed by atoms with Crippen molar-refractivity contribution in [1.29, 1.82) is 0 Å². The van der Waals surface area contributed by atoms with Crippen LogP contribution in [0.2, 0.25) is 0 Å². The Bertz CT molecular complexity index is 701. The van der Waals surface area contributed by atoms with Gasteiger partial charge in [-0.3, -0.25) is 9.89 Å². The van der Waals surface area contributed by atoms with Crippen LogP contribution in [0.15, 0.2) is 36.8 Å². The molecule has 0 atom stereocenters. The summed E-state index contributed by atoms with van der Waals surface area (Å²) < 4.78 is 0. The number of fused-ring (bicyclic) bond motifs is 1. The minimum absolute atomic E-state index is 0.0686. The zero-order valence-corrected chi connectivity index (χ0v) is 10.9. The first-order chi connectivity index (χ1) is 9.83. The van der Waals surface area contributed by atoms with E-state index >= 15 is 0 Å². The molecule has 0 saturated heterocycles. The molecule has 0 unspecified atom stereocenters. The van der Waals surface area contributed by atoms with Crippen molar-refractivity contribution < 1.29 is 4.79 Å². The van der Waals surface area contributed by atoms with Crippen molar-refractivity contribution in [2.45, 2.75) is 12.8 Å². The number of hydrogen-bond donors (Lipinski definition) is 3. The topological polar surface area (TPSA) is 86.5 Å². The van der Waals surface area contributed by atoms with Crippen LogP contribution in [0, 0.1) is 0 Å². The van der Waals surface area contributed by atoms with Crippen molar-refractivity contribution in [2.75, 3.05) is 6.54 Å². The molecule has 3 rings (SSSR count). The molecule has 0 spiro atoms. The molecule has 6 nitrogen and oxygen atoms in total. The summed E-state index contributed by atoms with van der Waals surface area (Å²) in [6.45, 7) is 0.626. The van der Waals surface area contributed by atoms with Crippen LogP contribution in [0.4, 0.5) is 0 Å². The average Bonchev–Trinajstić information content (AvgIpc) is 3.13. The highest BCUT2D eigenvalue weighted by atomic mass is 16.1. The van der Waals surface area contributed by atoms with Crippen molar-refractivity contribution in [3.63, 3.8) is 0 Å². The maximum atomic E-state index is 12.0. The molecule has 20 heavy (non-hydrogen) atoms. The number of benzene rings is 1. The number of imidazole rings is 1. The molecule has 1 amide bonds. The highest BCUT2D eigenvalue weighted by Crippen LogP contribution is 2.12. The van der Waals surface area contributed by atoms with Gasteiger partial charge in [-0.1, -0.05) is 6.07 Å². The maximum Gasteiger partial charge on any atom is 0.251 e. The van der Waals surface area contributed by atoms with Crippen LogP contribution in [0.25, 0.3) is 10.9 Å². The largest absolute Gasteiger partial charge is 0.352 e. The number of aromatic amines is 2. The molecule has 2 aromatic heterocycles. The second-order valence-corrected chi connectivity index (χ2v) is 4.57. The minimum atomic E-state index is -0.0686. The summed E-state index contributed by atoms with van der Waals surface area (Å²) in [7, 11) is 0. The third kappa shape index (κ3) is 2.69. The third-order valence-corrected chi connectivity index (χ3v) is 3.13. The van der Waals surface area contributed by atoms with Crippen LogP contribution in [0.5, 0.6) is 0 Å². The molecule has 0 fully saturated rings. The van der Waals surface area contributed by atoms with Crippen molar-refractivity contribution in [1.82, 2.24) is 25.5 Å². The molecule has 3 aromatic rings. The normalized spacial score (nSPS) is 10.8. The van der Waals surface area contributed by atoms with Crippen LogP contribution in [0.3, 0.4) is 0 Å². The van der Waals surface area contributed by atoms with Gasteiger partial charge in [0.15, 0.2) is 0 Å². The Morgan fingerprint density at radius 3 is 3.15 bits per heavy atom. The molecule has 1 aromatic carbocycles. The molecule has 0 radical (unpaired) electrons. The first-order valence-electron chi connectivity index (χ1n) is 6.52. The van der Waals surface area contributed by atoms with Gasteiger partial charge in [-0.15, -0.1) is 0 Å². The van der Waals surface area contributed by atoms with E-state index in [2.05, 4.69) is 25.5 Å². The zero-order chi connectivity index (χ0) is 13.8. The van der Waals surface area contributed by atoms with Crippen LogP contribution in [-0.2, 0) is 6.42 Å². The number of H-pyrrole nitrogens is 2. The van der Waals surface area contributed by atoms with Crippen LogP contribution >= 0.6 is 0 Å². The van der Waals surface area contributed by atoms with Gasteiger partial charge in [0.25, 0.3) is 5.91 Å². The SMILES string of the molecule is O=C(NCCCc1ncc[nH]1)c1ccc2cn[nH]c2c1. The number of carbonyl (C=O) groups excluding carboxylic acids is 1. The molecule has 0 bridgehead atoms. The van der Waals surface area contributed by atoms with Crippen molar-refractivity contribution >= 4 is 16.8 Å². The van der Waals surface area contributed by atoms with E-state index < -0.39 is 0 Å². The molecular weight excluding hydrogens is 254 g/mol. The molecule has 3 N–H and O–H groups in total. The highest BCUT2D eigenvalue weighted by Gasteiger charge is 2.06. The fourth-order valence-corrected chi connectivity index (χ4v) is 2.07. The summed E-state index contributed by atoms with van der Waals surface area (Å²) in [5, 5.41) is 10.7. The Morgan fingerprint density at radius 1 is 1.35 bits per heavy atom. The van der Waals surface area contributed by atoms with Gasteiger partial charge < -0.3 is 10.3 Å². The van der Waals surface area contributed by atoms with Gasteiger partial charge in [-0.05, 0) is 18.6 Å². The van der Waals surface area contributed by atoms with Crippen molar-refractivity contribution in [2.24, 2.45) is 0 Å². The first kappa shape index (κ1) is 12.4. The summed E-state index contributed by atoms with van der Waals surface area (Å²) in [6.07, 6.45) is 6.94. The molecule has 6 heteroatoms. The van der Waals surface area contributed by atoms with E-state index in [-0.39, 0.29) is 5.91 Å². The van der Waals surface area contributed by atoms with Gasteiger partial charge in [0.2, 0.25) is 0 Å². The van der Waals surface area contributed by atoms with E-state index in [9.17, 15) is 4.79 Å². The number of aryl methyl sites for hydroxylation is 1. The molecule has 2 heterocycles. The Hall–Kier alpha value is -2.63. The van der Waals surface area contributed by atoms with E-state index in [1.807, 2.05) is 12.1 Å². The number of rotatable bonds is 5. The Morgan fingerprint density at radius 2 is 2.30 bits per heavy atom. The predicted molar refractivity (Wildman–Crippen MR) is 75.3 cm³/mol. The van der Waals surface area contributed by atoms with Gasteiger partial charge in [0.1, 0.15) is 5.82 Å². The van der Waals surface area contributed by atoms with Crippen LogP contribution in [-0.4, -0.2) is 32.6 Å². The molecule has 0 aliphatic heterocycles. The molecule has 0 saturated carbocycles. The number of amides is 1. The highest BCUT2D eigenvalue weighted by molar-refractivity contribution is 5.97. The van der Waals surface area contributed by atoms with Gasteiger partial charge in [0.05, 0.1) is 11.7 Å². The summed E-state index contributed by atoms with van der Waals surface area (Å²) >= 11 is 0. The summed E-state index contributed by atoms with van der Waals surface area (Å²) in [6, 6.07) is 5.50. The smallest absolute Gasteiger partial charge is 0.251 e. The van der Waals surface area contributed by atoms with Gasteiger partial charge in [0, 0.05) is 36.3 Å². The fourth-order valence-electron chi connectivity index (χ4n) is 2.07. The molecule has 0 aliphatic carbocycles. The minimum Gasteiger partial charge on any atom is -0.352 e. The lowest BCUT2D eigenvalue weighted by molar-refractivity contribution is 0.0953. The number of hydrogen-bond acceptors (Lipinski definition) is 3. The average molecular weight is 269 g/mol. The predicted octanol–water partition coefficient (Wildman–Crippen LogP) is 1.65. The third-order valence-electron chi connectivity index (χ3n) is 3.13. The van der Waals surface area contributed by atoms with E-state index in [0.717, 1.165) is 29.6 Å².